The van der Waals surface area contributed by atoms with Crippen molar-refractivity contribution in [2.24, 2.45) is 10.7 Å². The van der Waals surface area contributed by atoms with Crippen molar-refractivity contribution in [3.8, 4) is 24.2 Å². The second-order valence-electron chi connectivity index (χ2n) is 8.79. The van der Waals surface area contributed by atoms with Crippen LogP contribution in [0.15, 0.2) is 70.0 Å². The highest BCUT2D eigenvalue weighted by atomic mass is 35.5. The van der Waals surface area contributed by atoms with E-state index in [1.807, 2.05) is 62.2 Å². The van der Waals surface area contributed by atoms with Gasteiger partial charge in [0.1, 0.15) is 11.9 Å². The summed E-state index contributed by atoms with van der Waals surface area (Å²) >= 11 is 6.14. The Morgan fingerprint density at radius 2 is 1.92 bits per heavy atom. The van der Waals surface area contributed by atoms with Crippen LogP contribution in [-0.4, -0.2) is 34.1 Å². The predicted octanol–water partition coefficient (Wildman–Crippen LogP) is 5.74. The smallest absolute Gasteiger partial charge is 0.113 e. The lowest BCUT2D eigenvalue weighted by molar-refractivity contribution is 0.388. The molecule has 3 N–H and O–H groups in total. The number of nitrogens with two attached hydrogens (primary N) is 1. The largest absolute Gasteiger partial charge is 0.316 e. The Balaban J connectivity index is 2.02. The maximum absolute atomic E-state index is 8.33. The van der Waals surface area contributed by atoms with Crippen LogP contribution >= 0.6 is 11.6 Å². The number of benzene rings is 1. The number of allylic oxidation sites excluding steroid dienone is 4. The lowest BCUT2D eigenvalue weighted by Crippen LogP contribution is -2.45. The van der Waals surface area contributed by atoms with E-state index in [0.717, 1.165) is 58.5 Å². The molecule has 5 nitrogen and oxygen atoms in total. The number of aromatic nitrogens is 1. The minimum Gasteiger partial charge on any atom is -0.316 e. The Kier molecular flexibility index (Phi) is 9.25. The van der Waals surface area contributed by atoms with Gasteiger partial charge in [-0.1, -0.05) is 35.7 Å². The molecule has 1 aromatic heterocycles. The number of hydrogen-bond acceptors (Lipinski definition) is 4. The summed E-state index contributed by atoms with van der Waals surface area (Å²) in [4.78, 5) is 11.2. The van der Waals surface area contributed by atoms with Crippen LogP contribution < -0.4 is 5.73 Å². The Morgan fingerprint density at radius 1 is 1.19 bits per heavy atom. The average Bonchev–Trinajstić information content (AvgIpc) is 2.98. The molecule has 0 spiro atoms. The summed E-state index contributed by atoms with van der Waals surface area (Å²) in [6, 6.07) is 11.6. The number of aryl methyl sites for hydroxylation is 1. The first kappa shape index (κ1) is 27.0. The number of halogens is 1. The molecule has 0 amide bonds. The maximum atomic E-state index is 8.33. The van der Waals surface area contributed by atoms with Gasteiger partial charge in [0.2, 0.25) is 0 Å². The molecule has 3 rings (SSSR count). The summed E-state index contributed by atoms with van der Waals surface area (Å²) in [7, 11) is 0. The summed E-state index contributed by atoms with van der Waals surface area (Å²) < 4.78 is 0. The third-order valence-corrected chi connectivity index (χ3v) is 6.39. The average molecular weight is 498 g/mol. The molecule has 1 atom stereocenters. The molecule has 0 saturated heterocycles. The molecular formula is C30H32ClN5. The van der Waals surface area contributed by atoms with Gasteiger partial charge >= 0.3 is 0 Å². The third kappa shape index (κ3) is 6.52. The van der Waals surface area contributed by atoms with Crippen LogP contribution in [0.1, 0.15) is 57.4 Å². The second-order valence-corrected chi connectivity index (χ2v) is 9.23. The quantitative estimate of drug-likeness (QED) is 0.239. The highest BCUT2D eigenvalue weighted by Crippen LogP contribution is 2.29. The summed E-state index contributed by atoms with van der Waals surface area (Å²) in [6.07, 6.45) is 9.40. The summed E-state index contributed by atoms with van der Waals surface area (Å²) in [5.41, 5.74) is 13.7. The number of hydrogen-bond donors (Lipinski definition) is 2. The van der Waals surface area contributed by atoms with Crippen LogP contribution in [0, 0.1) is 29.6 Å². The Labute approximate surface area is 219 Å². The molecule has 1 aromatic carbocycles. The second kappa shape index (κ2) is 12.4. The standard InChI is InChI=1S/C30H32ClN5/c1-6-7-8-9-24-11-17-27(34-18-24)16-10-20(2)21(3)29-22(4)36(23(5)32)28(33)19-35-30(29)25-12-14-26(31)15-13-25/h1,11-15,17-18,28,32H,7-9,19,33H2,2-5H3/b21-20+,32-23?. The van der Waals surface area contributed by atoms with Gasteiger partial charge in [0, 0.05) is 40.0 Å². The fourth-order valence-electron chi connectivity index (χ4n) is 4.16. The molecule has 0 radical (unpaired) electrons. The molecule has 1 aliphatic rings. The van der Waals surface area contributed by atoms with E-state index in [-0.39, 0.29) is 0 Å². The van der Waals surface area contributed by atoms with Crippen LogP contribution in [0.3, 0.4) is 0 Å². The van der Waals surface area contributed by atoms with E-state index in [4.69, 9.17) is 34.2 Å². The zero-order valence-corrected chi connectivity index (χ0v) is 22.1. The Bertz CT molecular complexity index is 1310. The zero-order chi connectivity index (χ0) is 26.2. The normalized spacial score (nSPS) is 16.3. The Morgan fingerprint density at radius 3 is 2.53 bits per heavy atom. The molecule has 2 heterocycles. The highest BCUT2D eigenvalue weighted by molar-refractivity contribution is 6.30. The number of nitrogens with zero attached hydrogens (tertiary/aromatic N) is 3. The van der Waals surface area contributed by atoms with Gasteiger partial charge in [0.05, 0.1) is 18.1 Å². The summed E-state index contributed by atoms with van der Waals surface area (Å²) in [5, 5.41) is 8.99. The van der Waals surface area contributed by atoms with Crippen molar-refractivity contribution >= 4 is 23.1 Å². The van der Waals surface area contributed by atoms with Crippen LogP contribution in [-0.2, 0) is 6.42 Å². The van der Waals surface area contributed by atoms with Gasteiger partial charge in [0.25, 0.3) is 0 Å². The lowest BCUT2D eigenvalue weighted by Gasteiger charge is -2.30. The van der Waals surface area contributed by atoms with Crippen molar-refractivity contribution in [2.75, 3.05) is 6.54 Å². The molecule has 6 heteroatoms. The topological polar surface area (TPSA) is 78.4 Å². The summed E-state index contributed by atoms with van der Waals surface area (Å²) in [5.74, 6) is 9.49. The van der Waals surface area contributed by atoms with E-state index in [1.54, 1.807) is 6.92 Å². The van der Waals surface area contributed by atoms with Crippen molar-refractivity contribution in [3.05, 3.63) is 86.9 Å². The molecule has 1 aliphatic heterocycles. The number of amidine groups is 1. The molecule has 0 aliphatic carbocycles. The van der Waals surface area contributed by atoms with E-state index < -0.39 is 6.17 Å². The van der Waals surface area contributed by atoms with E-state index in [2.05, 4.69) is 28.8 Å². The highest BCUT2D eigenvalue weighted by Gasteiger charge is 2.27. The number of rotatable bonds is 5. The molecule has 36 heavy (non-hydrogen) atoms. The van der Waals surface area contributed by atoms with Crippen LogP contribution in [0.2, 0.25) is 5.02 Å². The van der Waals surface area contributed by atoms with Gasteiger partial charge < -0.3 is 10.6 Å². The number of pyridine rings is 1. The number of aliphatic imine (C=N–C) groups is 1. The van der Waals surface area contributed by atoms with E-state index in [1.165, 1.54) is 0 Å². The molecule has 0 bridgehead atoms. The van der Waals surface area contributed by atoms with Crippen molar-refractivity contribution in [2.45, 2.75) is 53.1 Å². The van der Waals surface area contributed by atoms with Crippen molar-refractivity contribution in [1.82, 2.24) is 9.88 Å². The van der Waals surface area contributed by atoms with E-state index >= 15 is 0 Å². The maximum Gasteiger partial charge on any atom is 0.113 e. The van der Waals surface area contributed by atoms with Gasteiger partial charge in [-0.25, -0.2) is 4.98 Å². The van der Waals surface area contributed by atoms with Gasteiger partial charge in [0.15, 0.2) is 0 Å². The van der Waals surface area contributed by atoms with Gasteiger partial charge in [-0.2, -0.15) is 0 Å². The third-order valence-electron chi connectivity index (χ3n) is 6.13. The lowest BCUT2D eigenvalue weighted by atomic mass is 9.92. The molecule has 1 unspecified atom stereocenters. The van der Waals surface area contributed by atoms with E-state index in [9.17, 15) is 0 Å². The van der Waals surface area contributed by atoms with Crippen LogP contribution in [0.25, 0.3) is 0 Å². The molecule has 2 aromatic rings. The van der Waals surface area contributed by atoms with Crippen molar-refractivity contribution in [3.63, 3.8) is 0 Å². The summed E-state index contributed by atoms with van der Waals surface area (Å²) in [6.45, 7) is 8.11. The molecule has 184 valence electrons. The first-order valence-corrected chi connectivity index (χ1v) is 12.3. The van der Waals surface area contributed by atoms with Gasteiger partial charge in [-0.15, -0.1) is 12.3 Å². The molecule has 0 saturated carbocycles. The first-order chi connectivity index (χ1) is 17.2. The minimum absolute atomic E-state index is 0.366. The van der Waals surface area contributed by atoms with Crippen LogP contribution in [0.4, 0.5) is 0 Å². The Hall–Kier alpha value is -3.64. The van der Waals surface area contributed by atoms with Gasteiger partial charge in [-0.05, 0) is 75.8 Å². The monoisotopic (exact) mass is 497 g/mol. The fourth-order valence-corrected chi connectivity index (χ4v) is 4.28. The van der Waals surface area contributed by atoms with Gasteiger partial charge in [-0.3, -0.25) is 10.4 Å². The fraction of sp³-hybridized carbons (Fsp3) is 0.300. The van der Waals surface area contributed by atoms with Crippen molar-refractivity contribution < 1.29 is 0 Å². The molecular weight excluding hydrogens is 466 g/mol. The number of terminal acetylenes is 1. The SMILES string of the molecule is C#CCCCc1ccc(C#C/C(C)=C(\C)C2=C(C)N(C(C)=N)C(N)CN=C2c2ccc(Cl)cc2)nc1. The molecule has 0 fully saturated rings. The van der Waals surface area contributed by atoms with Crippen LogP contribution in [0.5, 0.6) is 0 Å². The minimum atomic E-state index is -0.426. The first-order valence-electron chi connectivity index (χ1n) is 11.9. The predicted molar refractivity (Wildman–Crippen MR) is 150 cm³/mol. The number of nitrogens with one attached hydrogen (secondary N) is 1. The number of unbranched alkanes of at least 4 members (excludes halogenated alkanes) is 1. The zero-order valence-electron chi connectivity index (χ0n) is 21.3. The van der Waals surface area contributed by atoms with E-state index in [0.29, 0.717) is 23.1 Å². The van der Waals surface area contributed by atoms with Crippen molar-refractivity contribution in [1.29, 1.82) is 5.41 Å².